The van der Waals surface area contributed by atoms with E-state index in [4.69, 9.17) is 14.7 Å². The number of aromatic amines is 3. The zero-order valence-electron chi connectivity index (χ0n) is 14.0. The second-order valence-electron chi connectivity index (χ2n) is 5.16. The molecule has 11 heteroatoms. The molecular formula is C16H13N7O4. The molecule has 1 aromatic carbocycles. The van der Waals surface area contributed by atoms with Crippen LogP contribution in [0.4, 0.5) is 0 Å². The Morgan fingerprint density at radius 2 is 2.11 bits per heavy atom. The molecule has 27 heavy (non-hydrogen) atoms. The van der Waals surface area contributed by atoms with E-state index in [1.54, 1.807) is 30.3 Å². The van der Waals surface area contributed by atoms with E-state index < -0.39 is 11.2 Å². The number of nitrogens with zero attached hydrogens (tertiary/aromatic N) is 4. The second kappa shape index (κ2) is 7.79. The summed E-state index contributed by atoms with van der Waals surface area (Å²) in [5.41, 5.74) is -1.00. The Hall–Kier alpha value is -4.20. The number of benzene rings is 1. The number of rotatable bonds is 6. The van der Waals surface area contributed by atoms with Gasteiger partial charge < -0.3 is 14.5 Å². The van der Waals surface area contributed by atoms with Crippen LogP contribution in [-0.4, -0.2) is 37.7 Å². The average molecular weight is 367 g/mol. The lowest BCUT2D eigenvalue weighted by atomic mass is 10.1. The molecule has 0 bridgehead atoms. The smallest absolute Gasteiger partial charge is 0.326 e. The van der Waals surface area contributed by atoms with Crippen LogP contribution in [0.1, 0.15) is 22.6 Å². The topological polar surface area (TPSA) is 162 Å². The van der Waals surface area contributed by atoms with Gasteiger partial charge in [0.25, 0.3) is 5.56 Å². The molecule has 2 aromatic heterocycles. The van der Waals surface area contributed by atoms with Crippen molar-refractivity contribution < 1.29 is 9.47 Å². The molecule has 0 saturated heterocycles. The minimum Gasteiger partial charge on any atom is -0.493 e. The van der Waals surface area contributed by atoms with Crippen LogP contribution in [0.25, 0.3) is 12.2 Å². The van der Waals surface area contributed by atoms with Crippen LogP contribution in [-0.2, 0) is 6.61 Å². The van der Waals surface area contributed by atoms with E-state index in [9.17, 15) is 9.59 Å². The van der Waals surface area contributed by atoms with Gasteiger partial charge in [0.1, 0.15) is 18.2 Å². The lowest BCUT2D eigenvalue weighted by molar-refractivity contribution is 0.276. The van der Waals surface area contributed by atoms with Gasteiger partial charge in [-0.1, -0.05) is 12.1 Å². The van der Waals surface area contributed by atoms with Crippen LogP contribution in [0.2, 0.25) is 0 Å². The van der Waals surface area contributed by atoms with E-state index in [0.29, 0.717) is 22.9 Å². The Kier molecular flexibility index (Phi) is 5.08. The zero-order valence-corrected chi connectivity index (χ0v) is 14.0. The van der Waals surface area contributed by atoms with E-state index in [1.165, 1.54) is 13.2 Å². The fourth-order valence-corrected chi connectivity index (χ4v) is 2.27. The minimum absolute atomic E-state index is 0.0689. The van der Waals surface area contributed by atoms with E-state index in [2.05, 4.69) is 25.6 Å². The van der Waals surface area contributed by atoms with Gasteiger partial charge in [-0.3, -0.25) is 9.78 Å². The van der Waals surface area contributed by atoms with E-state index in [0.717, 1.165) is 0 Å². The molecule has 0 unspecified atom stereocenters. The highest BCUT2D eigenvalue weighted by molar-refractivity contribution is 5.74. The molecule has 0 amide bonds. The standard InChI is InChI=1S/C16H13N7O4/c1-26-12-4-2-3-9(14(12)27-8-13-20-22-23-21-13)5-6-11-10(7-17)15(24)19-16(25)18-11/h2-6H,8H2,1H3,(H2,18,19,24,25)(H,20,21,22,23)/b6-5+. The number of para-hydroxylation sites is 1. The van der Waals surface area contributed by atoms with Crippen molar-refractivity contribution in [3.05, 3.63) is 61.7 Å². The van der Waals surface area contributed by atoms with Gasteiger partial charge in [-0.05, 0) is 28.6 Å². The summed E-state index contributed by atoms with van der Waals surface area (Å²) in [4.78, 5) is 27.6. The number of tetrazole rings is 1. The van der Waals surface area contributed by atoms with Gasteiger partial charge in [-0.15, -0.1) is 5.10 Å². The van der Waals surface area contributed by atoms with Crippen molar-refractivity contribution in [2.75, 3.05) is 7.11 Å². The highest BCUT2D eigenvalue weighted by Gasteiger charge is 2.11. The van der Waals surface area contributed by atoms with Crippen molar-refractivity contribution in [2.24, 2.45) is 0 Å². The predicted molar refractivity (Wildman–Crippen MR) is 92.8 cm³/mol. The summed E-state index contributed by atoms with van der Waals surface area (Å²) in [5, 5.41) is 22.4. The van der Waals surface area contributed by atoms with Crippen molar-refractivity contribution >= 4 is 12.2 Å². The first-order valence-electron chi connectivity index (χ1n) is 7.59. The Balaban J connectivity index is 1.97. The Labute approximate surface area is 151 Å². The maximum Gasteiger partial charge on any atom is 0.326 e. The molecule has 3 rings (SSSR count). The first-order valence-corrected chi connectivity index (χ1v) is 7.59. The third kappa shape index (κ3) is 3.90. The van der Waals surface area contributed by atoms with Gasteiger partial charge in [-0.25, -0.2) is 9.89 Å². The maximum absolute atomic E-state index is 11.7. The maximum atomic E-state index is 11.7. The van der Waals surface area contributed by atoms with Crippen molar-refractivity contribution in [3.8, 4) is 17.6 Å². The molecule has 0 aliphatic rings. The SMILES string of the molecule is COc1cccc(/C=C/c2[nH]c(=O)[nH]c(=O)c2C#N)c1OCc1nnn[nH]1. The number of hydrogen-bond acceptors (Lipinski definition) is 8. The van der Waals surface area contributed by atoms with Gasteiger partial charge >= 0.3 is 5.69 Å². The third-order valence-electron chi connectivity index (χ3n) is 3.48. The van der Waals surface area contributed by atoms with E-state index in [-0.39, 0.29) is 17.9 Å². The number of hydrogen-bond donors (Lipinski definition) is 3. The summed E-state index contributed by atoms with van der Waals surface area (Å²) in [5.74, 6) is 1.28. The number of H-pyrrole nitrogens is 3. The van der Waals surface area contributed by atoms with Gasteiger partial charge in [0, 0.05) is 5.56 Å². The summed E-state index contributed by atoms with van der Waals surface area (Å²) in [6, 6.07) is 6.95. The average Bonchev–Trinajstić information content (AvgIpc) is 3.18. The Morgan fingerprint density at radius 3 is 2.81 bits per heavy atom. The number of nitrogens with one attached hydrogen (secondary N) is 3. The molecule has 0 spiro atoms. The van der Waals surface area contributed by atoms with Crippen LogP contribution in [0.5, 0.6) is 11.5 Å². The first-order chi connectivity index (χ1) is 13.1. The molecule has 3 N–H and O–H groups in total. The normalized spacial score (nSPS) is 10.7. The second-order valence-corrected chi connectivity index (χ2v) is 5.16. The van der Waals surface area contributed by atoms with Crippen LogP contribution in [0.15, 0.2) is 27.8 Å². The van der Waals surface area contributed by atoms with Gasteiger partial charge in [0.05, 0.1) is 12.8 Å². The molecule has 3 aromatic rings. The van der Waals surface area contributed by atoms with Gasteiger partial charge in [0.2, 0.25) is 0 Å². The molecule has 0 aliphatic carbocycles. The minimum atomic E-state index is -0.763. The van der Waals surface area contributed by atoms with Crippen LogP contribution < -0.4 is 20.7 Å². The fourth-order valence-electron chi connectivity index (χ4n) is 2.27. The molecule has 0 radical (unpaired) electrons. The summed E-state index contributed by atoms with van der Waals surface area (Å²) in [7, 11) is 1.49. The molecular weight excluding hydrogens is 354 g/mol. The Bertz CT molecular complexity index is 1120. The first kappa shape index (κ1) is 17.6. The van der Waals surface area contributed by atoms with Crippen LogP contribution >= 0.6 is 0 Å². The van der Waals surface area contributed by atoms with Gasteiger partial charge in [-0.2, -0.15) is 5.26 Å². The predicted octanol–water partition coefficient (Wildman–Crippen LogP) is 0.206. The molecule has 11 nitrogen and oxygen atoms in total. The van der Waals surface area contributed by atoms with E-state index in [1.807, 2.05) is 4.98 Å². The monoisotopic (exact) mass is 367 g/mol. The van der Waals surface area contributed by atoms with Crippen molar-refractivity contribution in [3.63, 3.8) is 0 Å². The number of nitriles is 1. The van der Waals surface area contributed by atoms with Crippen LogP contribution in [0, 0.1) is 11.3 Å². The summed E-state index contributed by atoms with van der Waals surface area (Å²) < 4.78 is 11.0. The third-order valence-corrected chi connectivity index (χ3v) is 3.48. The van der Waals surface area contributed by atoms with Crippen molar-refractivity contribution in [1.29, 1.82) is 5.26 Å². The Morgan fingerprint density at radius 1 is 1.26 bits per heavy atom. The number of methoxy groups -OCH3 is 1. The molecule has 136 valence electrons. The largest absolute Gasteiger partial charge is 0.493 e. The van der Waals surface area contributed by atoms with Crippen molar-refractivity contribution in [2.45, 2.75) is 6.61 Å². The van der Waals surface area contributed by atoms with E-state index >= 15 is 0 Å². The summed E-state index contributed by atoms with van der Waals surface area (Å²) in [6.45, 7) is 0.0689. The summed E-state index contributed by atoms with van der Waals surface area (Å²) >= 11 is 0. The lowest BCUT2D eigenvalue weighted by Gasteiger charge is -2.12. The number of aromatic nitrogens is 6. The van der Waals surface area contributed by atoms with Crippen LogP contribution in [0.3, 0.4) is 0 Å². The molecule has 2 heterocycles. The zero-order chi connectivity index (χ0) is 19.2. The highest BCUT2D eigenvalue weighted by atomic mass is 16.5. The fraction of sp³-hybridized carbons (Fsp3) is 0.125. The molecule has 0 atom stereocenters. The molecule has 0 saturated carbocycles. The summed E-state index contributed by atoms with van der Waals surface area (Å²) in [6.07, 6.45) is 3.02. The highest BCUT2D eigenvalue weighted by Crippen LogP contribution is 2.32. The molecule has 0 aliphatic heterocycles. The number of ether oxygens (including phenoxy) is 2. The van der Waals surface area contributed by atoms with Gasteiger partial charge in [0.15, 0.2) is 17.3 Å². The molecule has 0 fully saturated rings. The quantitative estimate of drug-likeness (QED) is 0.556. The lowest BCUT2D eigenvalue weighted by Crippen LogP contribution is -2.25. The van der Waals surface area contributed by atoms with Crippen molar-refractivity contribution in [1.82, 2.24) is 30.6 Å².